The zero-order valence-electron chi connectivity index (χ0n) is 62.3. The fourth-order valence-electron chi connectivity index (χ4n) is 13.7. The molecule has 0 heterocycles. The Morgan fingerprint density at radius 2 is 0.650 bits per heavy atom. The summed E-state index contributed by atoms with van der Waals surface area (Å²) in [5.41, 5.74) is 13.9. The van der Waals surface area contributed by atoms with Crippen molar-refractivity contribution in [3.63, 3.8) is 0 Å². The molecule has 546 valence electrons. The van der Waals surface area contributed by atoms with E-state index in [1.165, 1.54) is 129 Å². The normalized spacial score (nSPS) is 15.7. The molecule has 10 aromatic carbocycles. The molecule has 0 spiro atoms. The Labute approximate surface area is 682 Å². The number of ether oxygens (including phenoxy) is 1. The topological polar surface area (TPSA) is 93.6 Å². The molecular formula is C89H107AlBr2Cl5NaO5. The van der Waals surface area contributed by atoms with E-state index >= 15 is 0 Å². The number of hydrogen-bond acceptors (Lipinski definition) is 5. The van der Waals surface area contributed by atoms with Crippen LogP contribution in [0.1, 0.15) is 210 Å². The third kappa shape index (κ3) is 24.3. The molecule has 0 aliphatic heterocycles. The minimum Gasteiger partial charge on any atom is -0.870 e. The summed E-state index contributed by atoms with van der Waals surface area (Å²) in [6, 6.07) is 62.1. The van der Waals surface area contributed by atoms with Crippen LogP contribution >= 0.6 is 85.2 Å². The van der Waals surface area contributed by atoms with Crippen LogP contribution in [0.4, 0.5) is 0 Å². The van der Waals surface area contributed by atoms with E-state index in [0.29, 0.717) is 16.6 Å². The van der Waals surface area contributed by atoms with E-state index in [1.54, 1.807) is 29.8 Å². The van der Waals surface area contributed by atoms with Gasteiger partial charge in [0.25, 0.3) is 0 Å². The maximum absolute atomic E-state index is 12.0. The van der Waals surface area contributed by atoms with Crippen molar-refractivity contribution in [3.05, 3.63) is 245 Å². The molecule has 0 unspecified atom stereocenters. The fraction of sp³-hybridized carbons (Fsp3) is 0.393. The number of rotatable bonds is 6. The molecule has 0 radical (unpaired) electrons. The average molecular weight is 1640 g/mol. The smallest absolute Gasteiger partial charge is 0.870 e. The Bertz CT molecular complexity index is 4670. The van der Waals surface area contributed by atoms with Crippen LogP contribution in [-0.4, -0.2) is 38.8 Å². The number of fused-ring (bicyclic) bond motifs is 7. The predicted octanol–water partition coefficient (Wildman–Crippen LogP) is 25.3. The molecule has 3 aliphatic carbocycles. The van der Waals surface area contributed by atoms with Gasteiger partial charge in [0, 0.05) is 18.7 Å². The Morgan fingerprint density at radius 3 is 1.00 bits per heavy atom. The molecule has 5 nitrogen and oxygen atoms in total. The third-order valence-corrected chi connectivity index (χ3v) is 21.8. The van der Waals surface area contributed by atoms with Gasteiger partial charge in [0.15, 0.2) is 11.5 Å². The van der Waals surface area contributed by atoms with Gasteiger partial charge >= 0.3 is 40.9 Å². The summed E-state index contributed by atoms with van der Waals surface area (Å²) in [6.45, 7) is 36.4. The first-order valence-corrected chi connectivity index (χ1v) is 41.9. The van der Waals surface area contributed by atoms with E-state index in [0.717, 1.165) is 44.0 Å². The number of aromatic hydroxyl groups is 1. The number of benzene rings is 8. The van der Waals surface area contributed by atoms with Gasteiger partial charge in [0.05, 0.1) is 7.11 Å². The first-order valence-electron chi connectivity index (χ1n) is 34.4. The second-order valence-corrected chi connectivity index (χ2v) is 42.5. The van der Waals surface area contributed by atoms with Crippen LogP contribution in [0.25, 0.3) is 65.3 Å². The largest absolute Gasteiger partial charge is 1.00 e. The van der Waals surface area contributed by atoms with Gasteiger partial charge in [-0.15, -0.1) is 23.2 Å². The molecule has 0 saturated carbocycles. The molecule has 3 aliphatic rings. The summed E-state index contributed by atoms with van der Waals surface area (Å²) in [6.07, 6.45) is 9.29. The second kappa shape index (κ2) is 37.0. The van der Waals surface area contributed by atoms with Crippen LogP contribution in [0.15, 0.2) is 201 Å². The molecule has 10 aromatic rings. The predicted molar refractivity (Wildman–Crippen MR) is 456 cm³/mol. The molecule has 0 saturated heterocycles. The average Bonchev–Trinajstić information content (AvgIpc) is 0.890. The molecule has 0 fully saturated rings. The van der Waals surface area contributed by atoms with Gasteiger partial charge in [-0.3, -0.25) is 9.59 Å². The van der Waals surface area contributed by atoms with Crippen molar-refractivity contribution < 1.29 is 44.9 Å². The molecule has 13 rings (SSSR count). The minimum atomic E-state index is -1.72. The summed E-state index contributed by atoms with van der Waals surface area (Å²) >= 11 is 17.3. The maximum Gasteiger partial charge on any atom is 1.00 e. The Hall–Kier alpha value is -3.92. The number of alkyl halides is 2. The van der Waals surface area contributed by atoms with Crippen LogP contribution in [-0.2, 0) is 32.5 Å². The van der Waals surface area contributed by atoms with Crippen molar-refractivity contribution in [1.82, 2.24) is 0 Å². The van der Waals surface area contributed by atoms with Crippen LogP contribution < -0.4 is 45.2 Å². The first-order chi connectivity index (χ1) is 46.0. The third-order valence-electron chi connectivity index (χ3n) is 20.5. The minimum absolute atomic E-state index is 0. The van der Waals surface area contributed by atoms with Crippen molar-refractivity contribution in [2.45, 2.75) is 219 Å². The number of halogens is 7. The zero-order valence-corrected chi connectivity index (χ0v) is 72.4. The second-order valence-electron chi connectivity index (χ2n) is 32.2. The molecule has 0 bridgehead atoms. The van der Waals surface area contributed by atoms with Gasteiger partial charge in [0.2, 0.25) is 10.9 Å². The molecule has 0 amide bonds. The Kier molecular flexibility index (Phi) is 32.9. The Morgan fingerprint density at radius 1 is 0.388 bits per heavy atom. The van der Waals surface area contributed by atoms with Gasteiger partial charge in [0.1, 0.15) is 0 Å². The van der Waals surface area contributed by atoms with Crippen molar-refractivity contribution in [1.29, 1.82) is 0 Å². The summed E-state index contributed by atoms with van der Waals surface area (Å²) in [7, 11) is 16.4. The van der Waals surface area contributed by atoms with Gasteiger partial charge in [-0.05, 0) is 271 Å². The van der Waals surface area contributed by atoms with Crippen LogP contribution in [0, 0.1) is 0 Å². The molecule has 0 aromatic heterocycles. The number of hydrogen-bond donors (Lipinski definition) is 1. The standard InChI is InChI=1S/C26H28O2.C25H26O2.C18H21Br.C10H7Br.C8H16Cl2.2CH4.Al.3ClH.Na.H2O/c1-25(2)12-13-26(3,4)22-16-20-14-18(6-7-19(20)15-21(22)25)17-8-10-23(27)24(28-5)11-9-17;1-24(2)11-12-25(3,4)21-15-19-13-17(5-6-18(19)14-20(21)24)16-7-9-22(26)23(27)10-8-16;1-17(2)7-8-18(3,4)16-11-13-9-14(19)6-5-12(13)10-15(16)17;11-10-6-5-8-3-1-2-4-9(8)7-10;1-7(2,9)5-6-8(3,4)10;;;;;;;;/h6-11,14-16H,12-13H2,1-5H3;5-10,13-15H,11-12H2,1-4H3,(H,26,27);5-6,9-11H,7-8H2,1-4H3;1-7H;5-6H2,1-4H3;2*1H4;;3*1H;;1H2/q;;;;;;;+3;;;;+1;/p-4. The maximum atomic E-state index is 12.0. The monoisotopic (exact) mass is 1640 g/mol. The van der Waals surface area contributed by atoms with Gasteiger partial charge < -0.3 is 15.3 Å². The quantitative estimate of drug-likeness (QED) is 0.132. The van der Waals surface area contributed by atoms with E-state index in [4.69, 9.17) is 58.1 Å². The van der Waals surface area contributed by atoms with E-state index in [9.17, 15) is 14.7 Å². The van der Waals surface area contributed by atoms with E-state index in [2.05, 4.69) is 248 Å². The SMILES string of the molecule is Brc1ccc2ccccc2c1.C.C.CC(C)(Cl)CCC(C)(C)Cl.CC1(C)CCC(C)(C)c2cc3cc(-c4ccc(O)c(=O)cc4)ccc3cc21.CC1(C)CCC(C)(C)c2cc3cc(Br)ccc3cc21.COc1ccc(-c2ccc3cc4c(cc3c2)C(C)(C)CCC4(C)C)ccc1=O.[Cl][Al]([Cl])[Cl].[Na+].[OH-]. The summed E-state index contributed by atoms with van der Waals surface area (Å²) in [4.78, 5) is 23.5. The van der Waals surface area contributed by atoms with Crippen molar-refractivity contribution in [3.8, 4) is 33.8 Å². The molecule has 14 heteroatoms. The Balaban J connectivity index is 0.000000279. The molecule has 2 N–H and O–H groups in total. The van der Waals surface area contributed by atoms with E-state index < -0.39 is 11.4 Å². The van der Waals surface area contributed by atoms with Gasteiger partial charge in [-0.1, -0.05) is 251 Å². The molecule has 0 atom stereocenters. The zero-order chi connectivity index (χ0) is 73.0. The van der Waals surface area contributed by atoms with E-state index in [1.807, 2.05) is 39.8 Å². The van der Waals surface area contributed by atoms with Crippen LogP contribution in [0.2, 0.25) is 0 Å². The number of methoxy groups -OCH3 is 1. The van der Waals surface area contributed by atoms with Crippen LogP contribution in [0.5, 0.6) is 11.5 Å². The van der Waals surface area contributed by atoms with E-state index in [-0.39, 0.29) is 97.9 Å². The van der Waals surface area contributed by atoms with Gasteiger partial charge in [-0.25, -0.2) is 30.1 Å². The van der Waals surface area contributed by atoms with Crippen molar-refractivity contribution in [2.75, 3.05) is 7.11 Å². The first kappa shape index (κ1) is 91.5. The summed E-state index contributed by atoms with van der Waals surface area (Å²) < 4.78 is 7.45. The fourth-order valence-corrected chi connectivity index (χ4v) is 14.6. The molecular weight excluding hydrogens is 1540 g/mol. The van der Waals surface area contributed by atoms with Crippen LogP contribution in [0.3, 0.4) is 0 Å². The van der Waals surface area contributed by atoms with Crippen molar-refractivity contribution >= 4 is 140 Å². The summed E-state index contributed by atoms with van der Waals surface area (Å²) in [5.74, 6) is 0.144. The van der Waals surface area contributed by atoms with Crippen molar-refractivity contribution in [2.24, 2.45) is 0 Å². The molecule has 103 heavy (non-hydrogen) atoms. The van der Waals surface area contributed by atoms with Gasteiger partial charge in [-0.2, -0.15) is 0 Å². The summed E-state index contributed by atoms with van der Waals surface area (Å²) in [5, 5.41) is 19.9.